The standard InChI is InChI=1S/C9H19NO3/c1-11-5-8(10)6-12-7-9-3-2-4-13-9/h8-9H,2-7,10H2,1H3. The average Bonchev–Trinajstić information content (AvgIpc) is 2.57. The second-order valence-corrected chi connectivity index (χ2v) is 3.39. The Kier molecular flexibility index (Phi) is 5.31. The molecule has 0 aromatic heterocycles. The van der Waals surface area contributed by atoms with E-state index in [1.54, 1.807) is 7.11 Å². The molecule has 1 saturated heterocycles. The van der Waals surface area contributed by atoms with Gasteiger partial charge in [-0.25, -0.2) is 0 Å². The molecule has 4 nitrogen and oxygen atoms in total. The Morgan fingerprint density at radius 3 is 3.00 bits per heavy atom. The second kappa shape index (κ2) is 6.32. The van der Waals surface area contributed by atoms with Gasteiger partial charge in [0, 0.05) is 13.7 Å². The van der Waals surface area contributed by atoms with Crippen molar-refractivity contribution in [2.45, 2.75) is 25.0 Å². The van der Waals surface area contributed by atoms with Gasteiger partial charge < -0.3 is 19.9 Å². The van der Waals surface area contributed by atoms with Gasteiger partial charge in [-0.05, 0) is 12.8 Å². The number of hydrogen-bond donors (Lipinski definition) is 1. The number of hydrogen-bond acceptors (Lipinski definition) is 4. The molecule has 0 aromatic rings. The third-order valence-electron chi connectivity index (χ3n) is 2.04. The molecule has 1 rings (SSSR count). The highest BCUT2D eigenvalue weighted by molar-refractivity contribution is 4.64. The van der Waals surface area contributed by atoms with E-state index >= 15 is 0 Å². The van der Waals surface area contributed by atoms with Gasteiger partial charge in [-0.15, -0.1) is 0 Å². The molecule has 13 heavy (non-hydrogen) atoms. The molecule has 4 heteroatoms. The van der Waals surface area contributed by atoms with Crippen LogP contribution in [0, 0.1) is 0 Å². The van der Waals surface area contributed by atoms with Gasteiger partial charge in [0.15, 0.2) is 0 Å². The fourth-order valence-electron chi connectivity index (χ4n) is 1.39. The van der Waals surface area contributed by atoms with Crippen LogP contribution in [0.4, 0.5) is 0 Å². The molecule has 1 heterocycles. The maximum atomic E-state index is 5.68. The molecule has 1 aliphatic rings. The molecule has 0 aliphatic carbocycles. The van der Waals surface area contributed by atoms with Gasteiger partial charge in [0.2, 0.25) is 0 Å². The van der Waals surface area contributed by atoms with Crippen LogP contribution in [0.25, 0.3) is 0 Å². The van der Waals surface area contributed by atoms with Gasteiger partial charge in [0.05, 0.1) is 32.0 Å². The summed E-state index contributed by atoms with van der Waals surface area (Å²) in [4.78, 5) is 0. The smallest absolute Gasteiger partial charge is 0.0809 e. The van der Waals surface area contributed by atoms with Gasteiger partial charge in [0.25, 0.3) is 0 Å². The van der Waals surface area contributed by atoms with Crippen molar-refractivity contribution in [3.8, 4) is 0 Å². The fraction of sp³-hybridized carbons (Fsp3) is 1.00. The second-order valence-electron chi connectivity index (χ2n) is 3.39. The zero-order valence-electron chi connectivity index (χ0n) is 8.20. The van der Waals surface area contributed by atoms with Crippen molar-refractivity contribution in [1.29, 1.82) is 0 Å². The first-order valence-corrected chi connectivity index (χ1v) is 4.76. The molecule has 0 aromatic carbocycles. The van der Waals surface area contributed by atoms with Crippen molar-refractivity contribution >= 4 is 0 Å². The number of nitrogens with two attached hydrogens (primary N) is 1. The zero-order valence-corrected chi connectivity index (χ0v) is 8.20. The summed E-state index contributed by atoms with van der Waals surface area (Å²) >= 11 is 0. The molecule has 2 N–H and O–H groups in total. The van der Waals surface area contributed by atoms with E-state index in [1.165, 1.54) is 0 Å². The third-order valence-corrected chi connectivity index (χ3v) is 2.04. The minimum atomic E-state index is -0.0218. The third kappa shape index (κ3) is 4.57. The molecular formula is C9H19NO3. The van der Waals surface area contributed by atoms with E-state index in [0.29, 0.717) is 19.8 Å². The molecular weight excluding hydrogens is 170 g/mol. The summed E-state index contributed by atoms with van der Waals surface area (Å²) in [6, 6.07) is -0.0218. The van der Waals surface area contributed by atoms with Crippen molar-refractivity contribution in [2.75, 3.05) is 33.5 Å². The van der Waals surface area contributed by atoms with Gasteiger partial charge >= 0.3 is 0 Å². The molecule has 1 fully saturated rings. The highest BCUT2D eigenvalue weighted by atomic mass is 16.5. The quantitative estimate of drug-likeness (QED) is 0.646. The molecule has 0 amide bonds. The lowest BCUT2D eigenvalue weighted by Crippen LogP contribution is -2.32. The van der Waals surface area contributed by atoms with Crippen LogP contribution in [0.5, 0.6) is 0 Å². The van der Waals surface area contributed by atoms with Crippen LogP contribution in [-0.2, 0) is 14.2 Å². The Hall–Kier alpha value is -0.160. The average molecular weight is 189 g/mol. The van der Waals surface area contributed by atoms with Gasteiger partial charge in [0.1, 0.15) is 0 Å². The summed E-state index contributed by atoms with van der Waals surface area (Å²) in [6.45, 7) is 2.63. The van der Waals surface area contributed by atoms with Crippen LogP contribution in [0.15, 0.2) is 0 Å². The van der Waals surface area contributed by atoms with E-state index in [2.05, 4.69) is 0 Å². The molecule has 0 spiro atoms. The first kappa shape index (κ1) is 10.9. The van der Waals surface area contributed by atoms with E-state index in [0.717, 1.165) is 19.4 Å². The molecule has 78 valence electrons. The zero-order chi connectivity index (χ0) is 9.52. The number of ether oxygens (including phenoxy) is 3. The Morgan fingerprint density at radius 1 is 1.54 bits per heavy atom. The normalized spacial score (nSPS) is 24.9. The lowest BCUT2D eigenvalue weighted by molar-refractivity contribution is 0.00650. The molecule has 0 bridgehead atoms. The van der Waals surface area contributed by atoms with E-state index in [1.807, 2.05) is 0 Å². The van der Waals surface area contributed by atoms with Gasteiger partial charge in [-0.1, -0.05) is 0 Å². The van der Waals surface area contributed by atoms with Crippen LogP contribution in [0.2, 0.25) is 0 Å². The lowest BCUT2D eigenvalue weighted by Gasteiger charge is -2.13. The summed E-state index contributed by atoms with van der Waals surface area (Å²) in [5.41, 5.74) is 5.68. The maximum Gasteiger partial charge on any atom is 0.0809 e. The lowest BCUT2D eigenvalue weighted by atomic mass is 10.2. The SMILES string of the molecule is COCC(N)COCC1CCCO1. The molecule has 0 radical (unpaired) electrons. The predicted molar refractivity (Wildman–Crippen MR) is 49.6 cm³/mol. The number of rotatable bonds is 6. The Morgan fingerprint density at radius 2 is 2.38 bits per heavy atom. The van der Waals surface area contributed by atoms with Crippen molar-refractivity contribution in [3.63, 3.8) is 0 Å². The van der Waals surface area contributed by atoms with Crippen molar-refractivity contribution in [1.82, 2.24) is 0 Å². The summed E-state index contributed by atoms with van der Waals surface area (Å²) in [5, 5.41) is 0. The van der Waals surface area contributed by atoms with Crippen LogP contribution in [0.1, 0.15) is 12.8 Å². The van der Waals surface area contributed by atoms with Crippen LogP contribution >= 0.6 is 0 Å². The fourth-order valence-corrected chi connectivity index (χ4v) is 1.39. The highest BCUT2D eigenvalue weighted by Crippen LogP contribution is 2.11. The predicted octanol–water partition coefficient (Wildman–Crippen LogP) is 0.156. The van der Waals surface area contributed by atoms with Crippen molar-refractivity contribution < 1.29 is 14.2 Å². The maximum absolute atomic E-state index is 5.68. The Bertz CT molecular complexity index is 126. The molecule has 2 unspecified atom stereocenters. The first-order chi connectivity index (χ1) is 6.33. The monoisotopic (exact) mass is 189 g/mol. The van der Waals surface area contributed by atoms with Crippen LogP contribution < -0.4 is 5.73 Å². The highest BCUT2D eigenvalue weighted by Gasteiger charge is 2.15. The first-order valence-electron chi connectivity index (χ1n) is 4.76. The minimum absolute atomic E-state index is 0.0218. The van der Waals surface area contributed by atoms with Crippen molar-refractivity contribution in [2.24, 2.45) is 5.73 Å². The summed E-state index contributed by atoms with van der Waals surface area (Å²) in [7, 11) is 1.64. The Balaban J connectivity index is 1.93. The topological polar surface area (TPSA) is 53.7 Å². The van der Waals surface area contributed by atoms with E-state index in [4.69, 9.17) is 19.9 Å². The van der Waals surface area contributed by atoms with E-state index in [-0.39, 0.29) is 12.1 Å². The largest absolute Gasteiger partial charge is 0.383 e. The molecule has 1 aliphatic heterocycles. The minimum Gasteiger partial charge on any atom is -0.383 e. The number of methoxy groups -OCH3 is 1. The van der Waals surface area contributed by atoms with Crippen LogP contribution in [0.3, 0.4) is 0 Å². The molecule has 0 saturated carbocycles. The van der Waals surface area contributed by atoms with Gasteiger partial charge in [-0.2, -0.15) is 0 Å². The summed E-state index contributed by atoms with van der Waals surface area (Å²) < 4.78 is 15.7. The van der Waals surface area contributed by atoms with E-state index < -0.39 is 0 Å². The van der Waals surface area contributed by atoms with Crippen LogP contribution in [-0.4, -0.2) is 45.7 Å². The Labute approximate surface area is 79.3 Å². The summed E-state index contributed by atoms with van der Waals surface area (Å²) in [6.07, 6.45) is 2.55. The van der Waals surface area contributed by atoms with Gasteiger partial charge in [-0.3, -0.25) is 0 Å². The summed E-state index contributed by atoms with van der Waals surface area (Å²) in [5.74, 6) is 0. The molecule has 2 atom stereocenters. The van der Waals surface area contributed by atoms with Crippen molar-refractivity contribution in [3.05, 3.63) is 0 Å². The van der Waals surface area contributed by atoms with E-state index in [9.17, 15) is 0 Å².